The van der Waals surface area contributed by atoms with Crippen molar-refractivity contribution in [3.8, 4) is 5.75 Å². The fourth-order valence-electron chi connectivity index (χ4n) is 3.41. The summed E-state index contributed by atoms with van der Waals surface area (Å²) < 4.78 is 21.5. The van der Waals surface area contributed by atoms with Gasteiger partial charge in [0.25, 0.3) is 0 Å². The Morgan fingerprint density at radius 3 is 2.80 bits per heavy atom. The van der Waals surface area contributed by atoms with E-state index in [4.69, 9.17) is 9.84 Å². The molecule has 2 N–H and O–H groups in total. The van der Waals surface area contributed by atoms with Crippen molar-refractivity contribution in [3.63, 3.8) is 0 Å². The SMILES string of the molecule is Cc1nn(CCO)c(C)c1CNc1ccc(F)cc1OC1CCCC1. The van der Waals surface area contributed by atoms with Crippen molar-refractivity contribution in [1.82, 2.24) is 9.78 Å². The molecule has 136 valence electrons. The second-order valence-corrected chi connectivity index (χ2v) is 6.61. The number of nitrogens with one attached hydrogen (secondary N) is 1. The second kappa shape index (κ2) is 7.87. The minimum atomic E-state index is -0.290. The molecule has 0 spiro atoms. The van der Waals surface area contributed by atoms with Crippen molar-refractivity contribution >= 4 is 5.69 Å². The van der Waals surface area contributed by atoms with Crippen LogP contribution in [0.1, 0.15) is 42.6 Å². The molecule has 1 fully saturated rings. The van der Waals surface area contributed by atoms with Gasteiger partial charge in [-0.1, -0.05) is 0 Å². The fraction of sp³-hybridized carbons (Fsp3) is 0.526. The smallest absolute Gasteiger partial charge is 0.145 e. The molecule has 5 nitrogen and oxygen atoms in total. The minimum absolute atomic E-state index is 0.0617. The van der Waals surface area contributed by atoms with Gasteiger partial charge >= 0.3 is 0 Å². The lowest BCUT2D eigenvalue weighted by Gasteiger charge is -2.17. The summed E-state index contributed by atoms with van der Waals surface area (Å²) in [5.41, 5.74) is 3.84. The van der Waals surface area contributed by atoms with Crippen LogP contribution in [0.25, 0.3) is 0 Å². The lowest BCUT2D eigenvalue weighted by atomic mass is 10.2. The first kappa shape index (κ1) is 17.7. The summed E-state index contributed by atoms with van der Waals surface area (Å²) in [6, 6.07) is 4.62. The van der Waals surface area contributed by atoms with Gasteiger partial charge < -0.3 is 15.2 Å². The molecule has 0 amide bonds. The zero-order valence-corrected chi connectivity index (χ0v) is 14.9. The Morgan fingerprint density at radius 2 is 2.08 bits per heavy atom. The Hall–Kier alpha value is -2.08. The monoisotopic (exact) mass is 347 g/mol. The van der Waals surface area contributed by atoms with E-state index in [-0.39, 0.29) is 18.5 Å². The van der Waals surface area contributed by atoms with Gasteiger partial charge in [0.1, 0.15) is 11.6 Å². The van der Waals surface area contributed by atoms with E-state index in [0.29, 0.717) is 18.8 Å². The van der Waals surface area contributed by atoms with Crippen LogP contribution in [0.3, 0.4) is 0 Å². The number of aryl methyl sites for hydroxylation is 1. The molecular weight excluding hydrogens is 321 g/mol. The highest BCUT2D eigenvalue weighted by molar-refractivity contribution is 5.57. The van der Waals surface area contributed by atoms with Crippen molar-refractivity contribution in [3.05, 3.63) is 41.0 Å². The highest BCUT2D eigenvalue weighted by Crippen LogP contribution is 2.31. The Balaban J connectivity index is 1.74. The van der Waals surface area contributed by atoms with Crippen LogP contribution in [-0.4, -0.2) is 27.6 Å². The second-order valence-electron chi connectivity index (χ2n) is 6.61. The minimum Gasteiger partial charge on any atom is -0.488 e. The number of aliphatic hydroxyl groups excluding tert-OH is 1. The molecule has 2 aromatic rings. The van der Waals surface area contributed by atoms with Gasteiger partial charge in [-0.15, -0.1) is 0 Å². The molecule has 1 aliphatic rings. The van der Waals surface area contributed by atoms with Crippen LogP contribution in [-0.2, 0) is 13.1 Å². The van der Waals surface area contributed by atoms with Crippen LogP contribution in [0.2, 0.25) is 0 Å². The first-order valence-corrected chi connectivity index (χ1v) is 8.92. The lowest BCUT2D eigenvalue weighted by molar-refractivity contribution is 0.210. The van der Waals surface area contributed by atoms with E-state index < -0.39 is 0 Å². The number of hydrogen-bond donors (Lipinski definition) is 2. The zero-order valence-electron chi connectivity index (χ0n) is 14.9. The fourth-order valence-corrected chi connectivity index (χ4v) is 3.41. The summed E-state index contributed by atoms with van der Waals surface area (Å²) in [6.45, 7) is 5.08. The number of rotatable bonds is 7. The molecule has 25 heavy (non-hydrogen) atoms. The Morgan fingerprint density at radius 1 is 1.32 bits per heavy atom. The number of halogens is 1. The number of aromatic nitrogens is 2. The average Bonchev–Trinajstić information content (AvgIpc) is 3.17. The van der Waals surface area contributed by atoms with Crippen molar-refractivity contribution in [1.29, 1.82) is 0 Å². The lowest BCUT2D eigenvalue weighted by Crippen LogP contribution is -2.13. The van der Waals surface area contributed by atoms with Gasteiger partial charge in [0.05, 0.1) is 30.6 Å². The average molecular weight is 347 g/mol. The van der Waals surface area contributed by atoms with Gasteiger partial charge in [-0.25, -0.2) is 4.39 Å². The molecule has 6 heteroatoms. The Bertz CT molecular complexity index is 724. The maximum absolute atomic E-state index is 13.7. The van der Waals surface area contributed by atoms with Crippen LogP contribution < -0.4 is 10.1 Å². The van der Waals surface area contributed by atoms with Crippen LogP contribution in [0.4, 0.5) is 10.1 Å². The van der Waals surface area contributed by atoms with Gasteiger partial charge in [-0.05, 0) is 51.7 Å². The van der Waals surface area contributed by atoms with E-state index in [9.17, 15) is 4.39 Å². The van der Waals surface area contributed by atoms with E-state index in [2.05, 4.69) is 10.4 Å². The first-order valence-electron chi connectivity index (χ1n) is 8.92. The normalized spacial score (nSPS) is 14.9. The molecule has 1 aromatic carbocycles. The molecule has 1 heterocycles. The van der Waals surface area contributed by atoms with E-state index in [1.54, 1.807) is 6.07 Å². The highest BCUT2D eigenvalue weighted by Gasteiger charge is 2.19. The van der Waals surface area contributed by atoms with Crippen molar-refractivity contribution in [2.24, 2.45) is 0 Å². The maximum atomic E-state index is 13.7. The molecule has 0 bridgehead atoms. The summed E-state index contributed by atoms with van der Waals surface area (Å²) >= 11 is 0. The molecule has 3 rings (SSSR count). The molecule has 0 aliphatic heterocycles. The number of ether oxygens (including phenoxy) is 1. The highest BCUT2D eigenvalue weighted by atomic mass is 19.1. The quantitative estimate of drug-likeness (QED) is 0.804. The molecule has 1 aromatic heterocycles. The van der Waals surface area contributed by atoms with Crippen molar-refractivity contribution < 1.29 is 14.2 Å². The number of hydrogen-bond acceptors (Lipinski definition) is 4. The third-order valence-electron chi connectivity index (χ3n) is 4.84. The van der Waals surface area contributed by atoms with Gasteiger partial charge in [0.15, 0.2) is 0 Å². The first-order chi connectivity index (χ1) is 12.1. The standard InChI is InChI=1S/C19H26FN3O2/c1-13-17(14(2)23(22-13)9-10-24)12-21-18-8-7-15(20)11-19(18)25-16-5-3-4-6-16/h7-8,11,16,21,24H,3-6,9-10,12H2,1-2H3. The van der Waals surface area contributed by atoms with Crippen LogP contribution in [0.5, 0.6) is 5.75 Å². The van der Waals surface area contributed by atoms with Gasteiger partial charge in [0, 0.05) is 23.9 Å². The third-order valence-corrected chi connectivity index (χ3v) is 4.84. The summed E-state index contributed by atoms with van der Waals surface area (Å²) in [4.78, 5) is 0. The molecule has 0 saturated heterocycles. The van der Waals surface area contributed by atoms with E-state index in [1.807, 2.05) is 18.5 Å². The predicted octanol–water partition coefficient (Wildman–Crippen LogP) is 3.56. The number of aliphatic hydroxyl groups is 1. The third kappa shape index (κ3) is 4.12. The summed E-state index contributed by atoms with van der Waals surface area (Å²) in [5.74, 6) is 0.284. The van der Waals surface area contributed by atoms with E-state index >= 15 is 0 Å². The summed E-state index contributed by atoms with van der Waals surface area (Å²) in [6.07, 6.45) is 4.58. The van der Waals surface area contributed by atoms with Crippen LogP contribution in [0, 0.1) is 19.7 Å². The number of nitrogens with zero attached hydrogens (tertiary/aromatic N) is 2. The summed E-state index contributed by atoms with van der Waals surface area (Å²) in [5, 5.41) is 16.9. The van der Waals surface area contributed by atoms with Crippen molar-refractivity contribution in [2.45, 2.75) is 58.7 Å². The maximum Gasteiger partial charge on any atom is 0.145 e. The molecule has 0 radical (unpaired) electrons. The topological polar surface area (TPSA) is 59.3 Å². The molecule has 0 atom stereocenters. The zero-order chi connectivity index (χ0) is 17.8. The molecular formula is C19H26FN3O2. The van der Waals surface area contributed by atoms with Crippen LogP contribution in [0.15, 0.2) is 18.2 Å². The van der Waals surface area contributed by atoms with Crippen LogP contribution >= 0.6 is 0 Å². The van der Waals surface area contributed by atoms with Gasteiger partial charge in [-0.2, -0.15) is 5.10 Å². The predicted molar refractivity (Wildman–Crippen MR) is 95.4 cm³/mol. The number of benzene rings is 1. The molecule has 1 aliphatic carbocycles. The number of anilines is 1. The van der Waals surface area contributed by atoms with E-state index in [1.165, 1.54) is 25.0 Å². The van der Waals surface area contributed by atoms with E-state index in [0.717, 1.165) is 35.5 Å². The molecule has 0 unspecified atom stereocenters. The Kier molecular flexibility index (Phi) is 5.58. The van der Waals surface area contributed by atoms with Crippen molar-refractivity contribution in [2.75, 3.05) is 11.9 Å². The van der Waals surface area contributed by atoms with Gasteiger partial charge in [0.2, 0.25) is 0 Å². The van der Waals surface area contributed by atoms with Gasteiger partial charge in [-0.3, -0.25) is 4.68 Å². The molecule has 1 saturated carbocycles. The Labute approximate surface area is 147 Å². The largest absolute Gasteiger partial charge is 0.488 e. The summed E-state index contributed by atoms with van der Waals surface area (Å²) in [7, 11) is 0.